The van der Waals surface area contributed by atoms with Crippen LogP contribution in [0.5, 0.6) is 5.75 Å². The smallest absolute Gasteiger partial charge is 0.423 e. The first-order valence-corrected chi connectivity index (χ1v) is 10.4. The van der Waals surface area contributed by atoms with Crippen LogP contribution in [0.1, 0.15) is 50.7 Å². The maximum Gasteiger partial charge on any atom is 0.423 e. The van der Waals surface area contributed by atoms with Gasteiger partial charge in [0.05, 0.1) is 31.8 Å². The Morgan fingerprint density at radius 2 is 1.87 bits per heavy atom. The number of nitrogens with zero attached hydrogens (tertiary/aromatic N) is 2. The van der Waals surface area contributed by atoms with Crippen molar-refractivity contribution in [3.8, 4) is 5.75 Å². The molecular formula is C22H33F3N2O3. The average molecular weight is 431 g/mol. The van der Waals surface area contributed by atoms with Crippen LogP contribution in [-0.2, 0) is 10.3 Å². The average Bonchev–Trinajstić information content (AvgIpc) is 2.70. The maximum absolute atomic E-state index is 14.0. The van der Waals surface area contributed by atoms with E-state index < -0.39 is 18.4 Å². The summed E-state index contributed by atoms with van der Waals surface area (Å²) in [6.45, 7) is 5.61. The molecule has 0 aromatic heterocycles. The first-order chi connectivity index (χ1) is 14.0. The Balaban J connectivity index is 2.36. The minimum atomic E-state index is -4.93. The third-order valence-corrected chi connectivity index (χ3v) is 5.82. The molecule has 5 nitrogen and oxygen atoms in total. The van der Waals surface area contributed by atoms with Crippen LogP contribution in [0.4, 0.5) is 18.9 Å². The van der Waals surface area contributed by atoms with Crippen molar-refractivity contribution in [1.29, 1.82) is 0 Å². The Morgan fingerprint density at radius 3 is 2.40 bits per heavy atom. The Hall–Kier alpha value is -1.80. The number of aliphatic imine (C=N–C) groups is 1. The van der Waals surface area contributed by atoms with E-state index in [0.29, 0.717) is 30.0 Å². The molecule has 1 unspecified atom stereocenters. The molecule has 8 heteroatoms. The molecule has 170 valence electrons. The Labute approximate surface area is 176 Å². The van der Waals surface area contributed by atoms with Crippen LogP contribution in [0.15, 0.2) is 17.1 Å². The first-order valence-electron chi connectivity index (χ1n) is 10.4. The zero-order chi connectivity index (χ0) is 22.5. The summed E-state index contributed by atoms with van der Waals surface area (Å²) in [5, 5.41) is 10.8. The van der Waals surface area contributed by atoms with E-state index >= 15 is 0 Å². The van der Waals surface area contributed by atoms with Gasteiger partial charge in [-0.15, -0.1) is 0 Å². The summed E-state index contributed by atoms with van der Waals surface area (Å²) in [7, 11) is 3.12. The third-order valence-electron chi connectivity index (χ3n) is 5.82. The van der Waals surface area contributed by atoms with Crippen molar-refractivity contribution < 1.29 is 27.8 Å². The molecule has 1 aromatic rings. The van der Waals surface area contributed by atoms with Gasteiger partial charge in [-0.2, -0.15) is 13.2 Å². The molecule has 1 aliphatic carbocycles. The number of benzene rings is 1. The summed E-state index contributed by atoms with van der Waals surface area (Å²) in [5.41, 5.74) is -2.56. The molecule has 1 N–H and O–H groups in total. The van der Waals surface area contributed by atoms with Gasteiger partial charge in [-0.25, -0.2) is 4.99 Å². The standard InChI is InChI=1S/C22H33F3N2O3/c1-6-27(4)14-26-19-12-20(29-5)18(11-16(19)3)21(28,22(23,24)25)13-30-17-9-7-15(2)8-10-17/h11-12,14-15,17,28H,6-10,13H2,1-5H3/b26-14+/t15-,17-,21?. The fourth-order valence-electron chi connectivity index (χ4n) is 3.50. The lowest BCUT2D eigenvalue weighted by atomic mass is 9.88. The van der Waals surface area contributed by atoms with Gasteiger partial charge >= 0.3 is 6.18 Å². The fraction of sp³-hybridized carbons (Fsp3) is 0.682. The van der Waals surface area contributed by atoms with Gasteiger partial charge in [0.15, 0.2) is 0 Å². The van der Waals surface area contributed by atoms with Gasteiger partial charge in [0.2, 0.25) is 5.60 Å². The van der Waals surface area contributed by atoms with Gasteiger partial charge in [-0.05, 0) is 57.1 Å². The molecule has 0 saturated heterocycles. The normalized spacial score (nSPS) is 22.2. The lowest BCUT2D eigenvalue weighted by molar-refractivity contribution is -0.286. The van der Waals surface area contributed by atoms with Crippen molar-refractivity contribution in [3.05, 3.63) is 23.3 Å². The summed E-state index contributed by atoms with van der Waals surface area (Å²) in [5.74, 6) is 0.474. The van der Waals surface area contributed by atoms with Gasteiger partial charge in [0.1, 0.15) is 5.75 Å². The van der Waals surface area contributed by atoms with Crippen LogP contribution >= 0.6 is 0 Å². The summed E-state index contributed by atoms with van der Waals surface area (Å²) in [6, 6.07) is 2.71. The summed E-state index contributed by atoms with van der Waals surface area (Å²) >= 11 is 0. The van der Waals surface area contributed by atoms with Gasteiger partial charge < -0.3 is 19.5 Å². The van der Waals surface area contributed by atoms with Crippen LogP contribution in [0.25, 0.3) is 0 Å². The van der Waals surface area contributed by atoms with E-state index in [1.54, 1.807) is 13.3 Å². The topological polar surface area (TPSA) is 54.3 Å². The largest absolute Gasteiger partial charge is 0.496 e. The van der Waals surface area contributed by atoms with Crippen molar-refractivity contribution in [2.75, 3.05) is 27.3 Å². The van der Waals surface area contributed by atoms with Crippen molar-refractivity contribution in [1.82, 2.24) is 4.90 Å². The number of methoxy groups -OCH3 is 1. The molecule has 1 atom stereocenters. The summed E-state index contributed by atoms with van der Waals surface area (Å²) in [6.07, 6.45) is -0.386. The van der Waals surface area contributed by atoms with E-state index in [-0.39, 0.29) is 17.4 Å². The van der Waals surface area contributed by atoms with Crippen LogP contribution in [0.3, 0.4) is 0 Å². The highest BCUT2D eigenvalue weighted by molar-refractivity contribution is 5.65. The molecule has 0 amide bonds. The predicted molar refractivity (Wildman–Crippen MR) is 112 cm³/mol. The number of hydrogen-bond donors (Lipinski definition) is 1. The number of rotatable bonds is 8. The molecule has 30 heavy (non-hydrogen) atoms. The van der Waals surface area contributed by atoms with E-state index in [1.165, 1.54) is 19.2 Å². The van der Waals surface area contributed by atoms with Crippen LogP contribution in [0.2, 0.25) is 0 Å². The molecule has 0 radical (unpaired) electrons. The van der Waals surface area contributed by atoms with Crippen molar-refractivity contribution in [2.45, 2.75) is 64.3 Å². The summed E-state index contributed by atoms with van der Waals surface area (Å²) < 4.78 is 52.9. The molecule has 0 aliphatic heterocycles. The lowest BCUT2D eigenvalue weighted by Gasteiger charge is -2.35. The lowest BCUT2D eigenvalue weighted by Crippen LogP contribution is -2.47. The van der Waals surface area contributed by atoms with Crippen LogP contribution < -0.4 is 4.74 Å². The molecule has 1 saturated carbocycles. The molecular weight excluding hydrogens is 397 g/mol. The molecule has 1 aromatic carbocycles. The maximum atomic E-state index is 14.0. The van der Waals surface area contributed by atoms with Crippen LogP contribution in [-0.4, -0.2) is 55.9 Å². The monoisotopic (exact) mass is 430 g/mol. The second kappa shape index (κ2) is 10.0. The molecule has 0 bridgehead atoms. The van der Waals surface area contributed by atoms with E-state index in [9.17, 15) is 18.3 Å². The zero-order valence-corrected chi connectivity index (χ0v) is 18.4. The number of aliphatic hydroxyl groups is 1. The minimum Gasteiger partial charge on any atom is -0.496 e. The van der Waals surface area contributed by atoms with Gasteiger partial charge in [-0.1, -0.05) is 6.92 Å². The Bertz CT molecular complexity index is 731. The Kier molecular flexibility index (Phi) is 8.16. The fourth-order valence-corrected chi connectivity index (χ4v) is 3.50. The number of ether oxygens (including phenoxy) is 2. The highest BCUT2D eigenvalue weighted by atomic mass is 19.4. The number of hydrogen-bond acceptors (Lipinski definition) is 4. The van der Waals surface area contributed by atoms with Crippen LogP contribution in [0, 0.1) is 12.8 Å². The third kappa shape index (κ3) is 5.66. The molecule has 2 rings (SSSR count). The first kappa shape index (κ1) is 24.5. The summed E-state index contributed by atoms with van der Waals surface area (Å²) in [4.78, 5) is 6.16. The number of halogens is 3. The number of alkyl halides is 3. The second-order valence-corrected chi connectivity index (χ2v) is 8.21. The van der Waals surface area contributed by atoms with E-state index in [0.717, 1.165) is 19.4 Å². The van der Waals surface area contributed by atoms with Gasteiger partial charge in [0, 0.05) is 25.2 Å². The molecule has 0 heterocycles. The van der Waals surface area contributed by atoms with Gasteiger partial charge in [-0.3, -0.25) is 0 Å². The molecule has 1 aliphatic rings. The quantitative estimate of drug-likeness (QED) is 0.468. The SMILES string of the molecule is CCN(C)/C=N/c1cc(OC)c(C(O)(CO[C@H]2CC[C@H](C)CC2)C(F)(F)F)cc1C. The zero-order valence-electron chi connectivity index (χ0n) is 18.4. The van der Waals surface area contributed by atoms with Crippen molar-refractivity contribution in [2.24, 2.45) is 10.9 Å². The van der Waals surface area contributed by atoms with E-state index in [1.807, 2.05) is 18.9 Å². The molecule has 1 fully saturated rings. The molecule has 0 spiro atoms. The second-order valence-electron chi connectivity index (χ2n) is 8.21. The minimum absolute atomic E-state index is 0.0763. The van der Waals surface area contributed by atoms with Crippen molar-refractivity contribution in [3.63, 3.8) is 0 Å². The van der Waals surface area contributed by atoms with E-state index in [2.05, 4.69) is 11.9 Å². The number of aryl methyl sites for hydroxylation is 1. The highest BCUT2D eigenvalue weighted by Crippen LogP contribution is 2.45. The Morgan fingerprint density at radius 1 is 1.23 bits per heavy atom. The van der Waals surface area contributed by atoms with E-state index in [4.69, 9.17) is 9.47 Å². The van der Waals surface area contributed by atoms with Crippen molar-refractivity contribution >= 4 is 12.0 Å². The van der Waals surface area contributed by atoms with Gasteiger partial charge in [0.25, 0.3) is 0 Å². The predicted octanol–water partition coefficient (Wildman–Crippen LogP) is 4.96. The highest BCUT2D eigenvalue weighted by Gasteiger charge is 2.57.